The average Bonchev–Trinajstić information content (AvgIpc) is 2.88. The van der Waals surface area contributed by atoms with E-state index >= 15 is 0 Å². The van der Waals surface area contributed by atoms with Crippen LogP contribution in [0, 0.1) is 0 Å². The zero-order valence-electron chi connectivity index (χ0n) is 21.8. The second-order valence-electron chi connectivity index (χ2n) is 9.76. The van der Waals surface area contributed by atoms with Gasteiger partial charge in [-0.2, -0.15) is 0 Å². The van der Waals surface area contributed by atoms with Gasteiger partial charge in [0.15, 0.2) is 5.54 Å². The number of aliphatic imine (C=N–C) groups is 1. The lowest BCUT2D eigenvalue weighted by atomic mass is 9.88. The molecule has 0 aliphatic carbocycles. The quantitative estimate of drug-likeness (QED) is 0.123. The van der Waals surface area contributed by atoms with Crippen LogP contribution in [0.25, 0.3) is 0 Å². The highest BCUT2D eigenvalue weighted by Crippen LogP contribution is 2.30. The summed E-state index contributed by atoms with van der Waals surface area (Å²) >= 11 is 0. The number of carbonyl (C=O) groups is 1. The van der Waals surface area contributed by atoms with Gasteiger partial charge >= 0.3 is 5.97 Å². The summed E-state index contributed by atoms with van der Waals surface area (Å²) in [4.78, 5) is 19.1. The summed E-state index contributed by atoms with van der Waals surface area (Å²) in [6.07, 6.45) is 5.53. The van der Waals surface area contributed by atoms with Gasteiger partial charge in [0.25, 0.3) is 0 Å². The number of esters is 1. The van der Waals surface area contributed by atoms with Crippen LogP contribution in [0.15, 0.2) is 108 Å². The normalized spacial score (nSPS) is 13.1. The molecule has 36 heavy (non-hydrogen) atoms. The minimum atomic E-state index is -1.10. The highest BCUT2D eigenvalue weighted by molar-refractivity contribution is 6.13. The maximum atomic E-state index is 13.8. The van der Waals surface area contributed by atoms with E-state index < -0.39 is 11.1 Å². The molecule has 1 unspecified atom stereocenters. The Bertz CT molecular complexity index is 1090. The molecule has 0 aliphatic heterocycles. The third-order valence-corrected chi connectivity index (χ3v) is 5.64. The number of carbonyl (C=O) groups excluding carboxylic acids is 1. The molecule has 0 saturated carbocycles. The van der Waals surface area contributed by atoms with Crippen LogP contribution >= 0.6 is 0 Å². The van der Waals surface area contributed by atoms with Gasteiger partial charge in [-0.1, -0.05) is 91.0 Å². The Kier molecular flexibility index (Phi) is 9.63. The molecule has 0 heterocycles. The van der Waals surface area contributed by atoms with Gasteiger partial charge in [0.2, 0.25) is 0 Å². The van der Waals surface area contributed by atoms with Crippen molar-refractivity contribution in [2.24, 2.45) is 4.99 Å². The van der Waals surface area contributed by atoms with Gasteiger partial charge in [0.05, 0.1) is 12.3 Å². The number of nitrogens with zero attached hydrogens (tertiary/aromatic N) is 1. The summed E-state index contributed by atoms with van der Waals surface area (Å²) in [6.45, 7) is 8.11. The van der Waals surface area contributed by atoms with Gasteiger partial charge < -0.3 is 9.47 Å². The highest BCUT2D eigenvalue weighted by atomic mass is 16.6. The van der Waals surface area contributed by atoms with Crippen LogP contribution < -0.4 is 4.74 Å². The number of rotatable bonds is 11. The fourth-order valence-electron chi connectivity index (χ4n) is 3.89. The molecule has 0 spiro atoms. The number of ether oxygens (including phenoxy) is 2. The van der Waals surface area contributed by atoms with E-state index in [1.807, 2.05) is 131 Å². The number of allylic oxidation sites excluding steroid dienone is 1. The monoisotopic (exact) mass is 483 g/mol. The standard InChI is InChI=1S/C32H37NO3/c1-5-6-23-32(30(34)36-31(2,3)4,24-16-25-35-28-21-14-9-15-22-28)33-29(26-17-10-7-11-18-26)27-19-12-8-13-20-27/h5-15,17-22H,16,23-25H2,1-4H3/b6-5+. The third-order valence-electron chi connectivity index (χ3n) is 5.64. The molecule has 0 radical (unpaired) electrons. The molecule has 0 aliphatic rings. The maximum absolute atomic E-state index is 13.8. The fraction of sp³-hybridized carbons (Fsp3) is 0.312. The molecule has 3 rings (SSSR count). The molecule has 0 amide bonds. The van der Waals surface area contributed by atoms with Gasteiger partial charge in [0, 0.05) is 17.5 Å². The second-order valence-corrected chi connectivity index (χ2v) is 9.76. The summed E-state index contributed by atoms with van der Waals surface area (Å²) < 4.78 is 11.9. The molecule has 0 bridgehead atoms. The van der Waals surface area contributed by atoms with Crippen molar-refractivity contribution in [2.45, 2.75) is 58.1 Å². The molecule has 3 aromatic rings. The summed E-state index contributed by atoms with van der Waals surface area (Å²) in [6, 6.07) is 29.7. The molecule has 4 nitrogen and oxygen atoms in total. The Hall–Kier alpha value is -3.66. The van der Waals surface area contributed by atoms with E-state index in [0.29, 0.717) is 25.9 Å². The van der Waals surface area contributed by atoms with E-state index in [1.165, 1.54) is 0 Å². The predicted octanol–water partition coefficient (Wildman–Crippen LogP) is 7.43. The average molecular weight is 484 g/mol. The summed E-state index contributed by atoms with van der Waals surface area (Å²) in [7, 11) is 0. The Labute approximate surface area is 215 Å². The summed E-state index contributed by atoms with van der Waals surface area (Å²) in [5, 5.41) is 0. The molecule has 4 heteroatoms. The van der Waals surface area contributed by atoms with Gasteiger partial charge in [-0.05, 0) is 52.7 Å². The van der Waals surface area contributed by atoms with Crippen molar-refractivity contribution >= 4 is 11.7 Å². The van der Waals surface area contributed by atoms with E-state index in [2.05, 4.69) is 0 Å². The van der Waals surface area contributed by atoms with Crippen molar-refractivity contribution in [3.8, 4) is 5.75 Å². The van der Waals surface area contributed by atoms with Crippen LogP contribution in [0.2, 0.25) is 0 Å². The Morgan fingerprint density at radius 2 is 1.36 bits per heavy atom. The van der Waals surface area contributed by atoms with Crippen LogP contribution in [0.5, 0.6) is 5.75 Å². The molecular weight excluding hydrogens is 446 g/mol. The van der Waals surface area contributed by atoms with Crippen LogP contribution in [0.3, 0.4) is 0 Å². The largest absolute Gasteiger partial charge is 0.494 e. The minimum Gasteiger partial charge on any atom is -0.494 e. The van der Waals surface area contributed by atoms with Crippen molar-refractivity contribution < 1.29 is 14.3 Å². The molecule has 0 fully saturated rings. The van der Waals surface area contributed by atoms with Gasteiger partial charge in [0.1, 0.15) is 11.4 Å². The number of para-hydroxylation sites is 1. The Morgan fingerprint density at radius 3 is 1.86 bits per heavy atom. The number of hydrogen-bond acceptors (Lipinski definition) is 4. The van der Waals surface area contributed by atoms with Crippen molar-refractivity contribution in [1.82, 2.24) is 0 Å². The van der Waals surface area contributed by atoms with E-state index in [1.54, 1.807) is 0 Å². The topological polar surface area (TPSA) is 47.9 Å². The van der Waals surface area contributed by atoms with E-state index in [-0.39, 0.29) is 5.97 Å². The molecular formula is C32H37NO3. The van der Waals surface area contributed by atoms with Crippen LogP contribution in [0.1, 0.15) is 58.1 Å². The van der Waals surface area contributed by atoms with Crippen molar-refractivity contribution in [1.29, 1.82) is 0 Å². The molecule has 0 N–H and O–H groups in total. The van der Waals surface area contributed by atoms with Crippen LogP contribution in [-0.4, -0.2) is 29.4 Å². The Balaban J connectivity index is 2.04. The third kappa shape index (κ3) is 7.94. The van der Waals surface area contributed by atoms with Crippen LogP contribution in [0.4, 0.5) is 0 Å². The molecule has 1 atom stereocenters. The summed E-state index contributed by atoms with van der Waals surface area (Å²) in [5.74, 6) is 0.490. The lowest BCUT2D eigenvalue weighted by Crippen LogP contribution is -2.43. The maximum Gasteiger partial charge on any atom is 0.334 e. The number of benzene rings is 3. The van der Waals surface area contributed by atoms with Crippen molar-refractivity contribution in [3.63, 3.8) is 0 Å². The fourth-order valence-corrected chi connectivity index (χ4v) is 3.89. The number of hydrogen-bond donors (Lipinski definition) is 0. The smallest absolute Gasteiger partial charge is 0.334 e. The van der Waals surface area contributed by atoms with Gasteiger partial charge in [-0.3, -0.25) is 4.99 Å². The molecule has 188 valence electrons. The van der Waals surface area contributed by atoms with Gasteiger partial charge in [-0.15, -0.1) is 0 Å². The zero-order valence-corrected chi connectivity index (χ0v) is 21.8. The van der Waals surface area contributed by atoms with Crippen LogP contribution in [-0.2, 0) is 9.53 Å². The first-order valence-electron chi connectivity index (χ1n) is 12.6. The van der Waals surface area contributed by atoms with E-state index in [4.69, 9.17) is 14.5 Å². The highest BCUT2D eigenvalue weighted by Gasteiger charge is 2.41. The predicted molar refractivity (Wildman–Crippen MR) is 148 cm³/mol. The minimum absolute atomic E-state index is 0.322. The summed E-state index contributed by atoms with van der Waals surface area (Å²) in [5.41, 5.74) is 0.959. The molecule has 0 saturated heterocycles. The van der Waals surface area contributed by atoms with E-state index in [0.717, 1.165) is 22.6 Å². The Morgan fingerprint density at radius 1 is 0.833 bits per heavy atom. The van der Waals surface area contributed by atoms with Crippen molar-refractivity contribution in [2.75, 3.05) is 6.61 Å². The lowest BCUT2D eigenvalue weighted by Gasteiger charge is -2.32. The first kappa shape index (κ1) is 26.9. The van der Waals surface area contributed by atoms with Gasteiger partial charge in [-0.25, -0.2) is 4.79 Å². The first-order valence-corrected chi connectivity index (χ1v) is 12.6. The lowest BCUT2D eigenvalue weighted by molar-refractivity contribution is -0.161. The molecule has 0 aromatic heterocycles. The van der Waals surface area contributed by atoms with E-state index in [9.17, 15) is 4.79 Å². The van der Waals surface area contributed by atoms with Crippen molar-refractivity contribution in [3.05, 3.63) is 114 Å². The first-order chi connectivity index (χ1) is 17.3. The SMILES string of the molecule is C/C=C/CC(CCCOc1ccccc1)(N=C(c1ccccc1)c1ccccc1)C(=O)OC(C)(C)C. The zero-order chi connectivity index (χ0) is 25.9. The second kappa shape index (κ2) is 12.9. The molecule has 3 aromatic carbocycles.